The van der Waals surface area contributed by atoms with Crippen LogP contribution in [0.5, 0.6) is 0 Å². The fourth-order valence-electron chi connectivity index (χ4n) is 0. The summed E-state index contributed by atoms with van der Waals surface area (Å²) in [7, 11) is 0. The Hall–Kier alpha value is 0.0400. The largest absolute Gasteiger partial charge is 0.670 e. The molecule has 46 valence electrons. The van der Waals surface area contributed by atoms with Crippen molar-refractivity contribution in [3.05, 3.63) is 5.73 Å². The molecule has 0 rings (SSSR count). The van der Waals surface area contributed by atoms with Crippen molar-refractivity contribution in [1.29, 1.82) is 0 Å². The summed E-state index contributed by atoms with van der Waals surface area (Å²) in [6.45, 7) is -1.48. The normalized spacial score (nSPS) is 10.3. The van der Waals surface area contributed by atoms with Gasteiger partial charge in [0.05, 0.1) is 0 Å². The van der Waals surface area contributed by atoms with E-state index in [9.17, 15) is 13.2 Å². The monoisotopic (exact) mass is 134 g/mol. The van der Waals surface area contributed by atoms with E-state index in [0.29, 0.717) is 0 Å². The first kappa shape index (κ1) is 10.1. The van der Waals surface area contributed by atoms with Gasteiger partial charge < -0.3 is 5.73 Å². The third kappa shape index (κ3) is 10.7. The summed E-state index contributed by atoms with van der Waals surface area (Å²) in [6, 6.07) is 0. The maximum Gasteiger partial charge on any atom is 0.370 e. The summed E-state index contributed by atoms with van der Waals surface area (Å²) in [5, 5.41) is 0. The van der Waals surface area contributed by atoms with Crippen molar-refractivity contribution < 1.29 is 13.2 Å². The molecule has 0 aliphatic carbocycles. The van der Waals surface area contributed by atoms with Crippen molar-refractivity contribution in [3.8, 4) is 0 Å². The highest BCUT2D eigenvalue weighted by atomic mass is 35.5. The van der Waals surface area contributed by atoms with E-state index in [1.165, 1.54) is 0 Å². The maximum absolute atomic E-state index is 10.6. The zero-order valence-electron chi connectivity index (χ0n) is 3.25. The smallest absolute Gasteiger partial charge is 0.370 e. The van der Waals surface area contributed by atoms with Gasteiger partial charge in [-0.25, -0.2) is 0 Å². The molecule has 0 spiro atoms. The van der Waals surface area contributed by atoms with Crippen molar-refractivity contribution in [1.82, 2.24) is 0 Å². The third-order valence-electron chi connectivity index (χ3n) is 0.200. The lowest BCUT2D eigenvalue weighted by Crippen LogP contribution is -2.08. The highest BCUT2D eigenvalue weighted by molar-refractivity contribution is 5.85. The molecule has 1 nitrogen and oxygen atoms in total. The molecule has 0 amide bonds. The van der Waals surface area contributed by atoms with Crippen molar-refractivity contribution >= 4 is 12.4 Å². The summed E-state index contributed by atoms with van der Waals surface area (Å²) < 4.78 is 31.8. The van der Waals surface area contributed by atoms with Gasteiger partial charge in [0, 0.05) is 0 Å². The van der Waals surface area contributed by atoms with Gasteiger partial charge in [0.15, 0.2) is 0 Å². The Morgan fingerprint density at radius 2 is 1.43 bits per heavy atom. The van der Waals surface area contributed by atoms with E-state index in [-0.39, 0.29) is 12.4 Å². The van der Waals surface area contributed by atoms with E-state index in [2.05, 4.69) is 0 Å². The molecule has 0 atom stereocenters. The fraction of sp³-hybridized carbons (Fsp3) is 1.00. The molecule has 0 bridgehead atoms. The molecule has 0 aromatic rings. The van der Waals surface area contributed by atoms with Crippen LogP contribution in [0.25, 0.3) is 5.73 Å². The van der Waals surface area contributed by atoms with Gasteiger partial charge in [-0.05, 0) is 0 Å². The van der Waals surface area contributed by atoms with Crippen molar-refractivity contribution in [2.24, 2.45) is 0 Å². The van der Waals surface area contributed by atoms with E-state index in [1.54, 1.807) is 0 Å². The molecule has 0 fully saturated rings. The minimum atomic E-state index is -4.29. The Morgan fingerprint density at radius 1 is 1.29 bits per heavy atom. The first-order chi connectivity index (χ1) is 2.56. The quantitative estimate of drug-likeness (QED) is 0.484. The summed E-state index contributed by atoms with van der Waals surface area (Å²) >= 11 is 0. The van der Waals surface area contributed by atoms with Gasteiger partial charge in [0.25, 0.3) is 0 Å². The predicted octanol–water partition coefficient (Wildman–Crippen LogP) is 2.02. The van der Waals surface area contributed by atoms with Crippen LogP contribution in [0.15, 0.2) is 0 Å². The molecule has 0 saturated carbocycles. The number of hydrogen-bond acceptors (Lipinski definition) is 0. The lowest BCUT2D eigenvalue weighted by molar-refractivity contribution is -0.112. The fourth-order valence-corrected chi connectivity index (χ4v) is 0. The molecule has 0 unspecified atom stereocenters. The van der Waals surface area contributed by atoms with Crippen LogP contribution in [-0.4, -0.2) is 12.7 Å². The van der Waals surface area contributed by atoms with Gasteiger partial charge >= 0.3 is 6.18 Å². The standard InChI is InChI=1S/C2H3F3N.ClH/c3-2(4,5)1-6;/h6H,1H2;1H/q-1;. The molecule has 7 heavy (non-hydrogen) atoms. The van der Waals surface area contributed by atoms with Crippen LogP contribution >= 0.6 is 12.4 Å². The van der Waals surface area contributed by atoms with Gasteiger partial charge in [0.2, 0.25) is 0 Å². The Morgan fingerprint density at radius 3 is 1.43 bits per heavy atom. The molecule has 0 aromatic carbocycles. The van der Waals surface area contributed by atoms with Crippen LogP contribution in [-0.2, 0) is 0 Å². The van der Waals surface area contributed by atoms with Gasteiger partial charge in [-0.15, -0.1) is 12.4 Å². The molecule has 0 heterocycles. The number of nitrogens with one attached hydrogen (secondary N) is 1. The molecule has 5 heteroatoms. The van der Waals surface area contributed by atoms with E-state index >= 15 is 0 Å². The van der Waals surface area contributed by atoms with Crippen molar-refractivity contribution in [3.63, 3.8) is 0 Å². The van der Waals surface area contributed by atoms with Gasteiger partial charge in [-0.3, -0.25) is 0 Å². The Labute approximate surface area is 45.1 Å². The Bertz CT molecular complexity index is 42.7. The Balaban J connectivity index is 0. The highest BCUT2D eigenvalue weighted by Gasteiger charge is 2.18. The first-order valence-electron chi connectivity index (χ1n) is 1.27. The number of hydrogen-bond donors (Lipinski definition) is 0. The van der Waals surface area contributed by atoms with Gasteiger partial charge in [-0.1, -0.05) is 6.54 Å². The minimum Gasteiger partial charge on any atom is -0.670 e. The van der Waals surface area contributed by atoms with Crippen LogP contribution < -0.4 is 0 Å². The van der Waals surface area contributed by atoms with E-state index in [0.717, 1.165) is 0 Å². The zero-order valence-corrected chi connectivity index (χ0v) is 4.07. The SMILES string of the molecule is Cl.[NH-]CC(F)(F)F. The zero-order chi connectivity index (χ0) is 5.21. The van der Waals surface area contributed by atoms with E-state index in [1.807, 2.05) is 0 Å². The topological polar surface area (TPSA) is 23.8 Å². The Kier molecular flexibility index (Phi) is 4.47. The molecular weight excluding hydrogens is 130 g/mol. The molecule has 0 radical (unpaired) electrons. The van der Waals surface area contributed by atoms with Gasteiger partial charge in [-0.2, -0.15) is 13.2 Å². The van der Waals surface area contributed by atoms with Crippen LogP contribution in [0.4, 0.5) is 13.2 Å². The molecule has 0 aliphatic heterocycles. The second-order valence-electron chi connectivity index (χ2n) is 0.792. The summed E-state index contributed by atoms with van der Waals surface area (Å²) in [4.78, 5) is 0. The molecule has 0 aliphatic rings. The van der Waals surface area contributed by atoms with E-state index in [4.69, 9.17) is 5.73 Å². The minimum absolute atomic E-state index is 0. The highest BCUT2D eigenvalue weighted by Crippen LogP contribution is 2.12. The molecular formula is C2H4ClF3N-. The van der Waals surface area contributed by atoms with Crippen molar-refractivity contribution in [2.75, 3.05) is 6.54 Å². The molecule has 0 saturated heterocycles. The summed E-state index contributed by atoms with van der Waals surface area (Å²) in [5.74, 6) is 0. The van der Waals surface area contributed by atoms with Crippen LogP contribution in [0.2, 0.25) is 0 Å². The predicted molar refractivity (Wildman–Crippen MR) is 22.5 cm³/mol. The lowest BCUT2D eigenvalue weighted by atomic mass is 10.7. The summed E-state index contributed by atoms with van der Waals surface area (Å²) in [6.07, 6.45) is -4.29. The number of rotatable bonds is 0. The third-order valence-corrected chi connectivity index (χ3v) is 0.200. The van der Waals surface area contributed by atoms with Crippen LogP contribution in [0, 0.1) is 0 Å². The first-order valence-corrected chi connectivity index (χ1v) is 1.27. The average Bonchev–Trinajstić information content (AvgIpc) is 1.35. The average molecular weight is 135 g/mol. The summed E-state index contributed by atoms with van der Waals surface area (Å²) in [5.41, 5.74) is 5.73. The maximum atomic E-state index is 10.6. The van der Waals surface area contributed by atoms with Crippen molar-refractivity contribution in [2.45, 2.75) is 6.18 Å². The second-order valence-corrected chi connectivity index (χ2v) is 0.792. The molecule has 1 N–H and O–H groups in total. The second kappa shape index (κ2) is 3.10. The van der Waals surface area contributed by atoms with Crippen LogP contribution in [0.3, 0.4) is 0 Å². The number of halogens is 4. The van der Waals surface area contributed by atoms with E-state index < -0.39 is 12.7 Å². The van der Waals surface area contributed by atoms with Gasteiger partial charge in [0.1, 0.15) is 0 Å². The number of alkyl halides is 3. The molecule has 0 aromatic heterocycles. The lowest BCUT2D eigenvalue weighted by Gasteiger charge is -2.04. The van der Waals surface area contributed by atoms with Crippen LogP contribution in [0.1, 0.15) is 0 Å².